The van der Waals surface area contributed by atoms with Gasteiger partial charge in [-0.1, -0.05) is 15.9 Å². The quantitative estimate of drug-likeness (QED) is 0.625. The molecule has 0 unspecified atom stereocenters. The van der Waals surface area contributed by atoms with Gasteiger partial charge in [0.05, 0.1) is 11.4 Å². The van der Waals surface area contributed by atoms with Crippen molar-refractivity contribution in [3.63, 3.8) is 0 Å². The number of rotatable bonds is 1. The van der Waals surface area contributed by atoms with Crippen LogP contribution in [0.5, 0.6) is 0 Å². The summed E-state index contributed by atoms with van der Waals surface area (Å²) < 4.78 is 1.73. The van der Waals surface area contributed by atoms with E-state index < -0.39 is 0 Å². The molecule has 1 aromatic heterocycles. The van der Waals surface area contributed by atoms with Crippen LogP contribution in [-0.4, -0.2) is 10.7 Å². The molecule has 64 valence electrons. The smallest absolute Gasteiger partial charge is 0.108 e. The molecule has 0 fully saturated rings. The largest absolute Gasteiger partial charge is 0.303 e. The van der Waals surface area contributed by atoms with E-state index in [-0.39, 0.29) is 0 Å². The highest BCUT2D eigenvalue weighted by molar-refractivity contribution is 9.11. The summed E-state index contributed by atoms with van der Waals surface area (Å²) in [4.78, 5) is 4.20. The van der Waals surface area contributed by atoms with Crippen molar-refractivity contribution in [2.75, 3.05) is 0 Å². The lowest BCUT2D eigenvalue weighted by atomic mass is 10.1. The fourth-order valence-electron chi connectivity index (χ4n) is 0.914. The Morgan fingerprint density at radius 1 is 1.50 bits per heavy atom. The van der Waals surface area contributed by atoms with Crippen LogP contribution < -0.4 is 0 Å². The maximum Gasteiger partial charge on any atom is 0.108 e. The van der Waals surface area contributed by atoms with E-state index in [1.165, 1.54) is 0 Å². The second-order valence-electron chi connectivity index (χ2n) is 2.53. The molecule has 0 amide bonds. The van der Waals surface area contributed by atoms with Gasteiger partial charge in [0.1, 0.15) is 4.60 Å². The first-order valence-corrected chi connectivity index (χ1v) is 4.99. The molecule has 1 N–H and O–H groups in total. The molecule has 1 aromatic rings. The summed E-state index contributed by atoms with van der Waals surface area (Å²) in [6.07, 6.45) is 0. The van der Waals surface area contributed by atoms with E-state index in [4.69, 9.17) is 5.41 Å². The molecule has 2 nitrogen and oxygen atoms in total. The first-order chi connectivity index (χ1) is 5.52. The van der Waals surface area contributed by atoms with E-state index in [0.29, 0.717) is 5.71 Å². The van der Waals surface area contributed by atoms with E-state index in [0.717, 1.165) is 20.3 Å². The van der Waals surface area contributed by atoms with Gasteiger partial charge in [0.2, 0.25) is 0 Å². The van der Waals surface area contributed by atoms with Crippen LogP contribution in [0.15, 0.2) is 15.1 Å². The normalized spacial score (nSPS) is 10.0. The van der Waals surface area contributed by atoms with Crippen LogP contribution in [-0.2, 0) is 0 Å². The molecule has 0 aliphatic rings. The predicted molar refractivity (Wildman–Crippen MR) is 56.9 cm³/mol. The van der Waals surface area contributed by atoms with Gasteiger partial charge in [0.15, 0.2) is 0 Å². The molecule has 0 spiro atoms. The summed E-state index contributed by atoms with van der Waals surface area (Å²) in [6.45, 7) is 3.67. The topological polar surface area (TPSA) is 36.7 Å². The Labute approximate surface area is 88.2 Å². The third-order valence-electron chi connectivity index (χ3n) is 1.53. The summed E-state index contributed by atoms with van der Waals surface area (Å²) in [5.41, 5.74) is 2.22. The summed E-state index contributed by atoms with van der Waals surface area (Å²) in [6, 6.07) is 1.88. The summed E-state index contributed by atoms with van der Waals surface area (Å²) in [5.74, 6) is 0. The van der Waals surface area contributed by atoms with Crippen LogP contribution in [0.3, 0.4) is 0 Å². The third kappa shape index (κ3) is 1.93. The number of nitrogens with one attached hydrogen (secondary N) is 1. The average Bonchev–Trinajstić information content (AvgIpc) is 1.96. The highest BCUT2D eigenvalue weighted by Gasteiger charge is 2.07. The molecule has 0 saturated carbocycles. The van der Waals surface area contributed by atoms with E-state index in [9.17, 15) is 0 Å². The Kier molecular flexibility index (Phi) is 3.01. The Morgan fingerprint density at radius 3 is 2.58 bits per heavy atom. The second-order valence-corrected chi connectivity index (χ2v) is 4.19. The zero-order valence-electron chi connectivity index (χ0n) is 6.78. The van der Waals surface area contributed by atoms with Gasteiger partial charge in [-0.3, -0.25) is 0 Å². The van der Waals surface area contributed by atoms with Crippen molar-refractivity contribution in [1.29, 1.82) is 5.41 Å². The number of halogens is 2. The maximum absolute atomic E-state index is 7.47. The van der Waals surface area contributed by atoms with Gasteiger partial charge in [-0.05, 0) is 41.4 Å². The molecular formula is C8H8Br2N2. The molecule has 0 saturated heterocycles. The van der Waals surface area contributed by atoms with Crippen molar-refractivity contribution < 1.29 is 0 Å². The van der Waals surface area contributed by atoms with E-state index in [1.807, 2.05) is 13.0 Å². The Balaban J connectivity index is 3.37. The van der Waals surface area contributed by atoms with Crippen LogP contribution in [0.2, 0.25) is 0 Å². The summed E-state index contributed by atoms with van der Waals surface area (Å²) in [7, 11) is 0. The third-order valence-corrected chi connectivity index (χ3v) is 2.76. The molecule has 1 heterocycles. The zero-order chi connectivity index (χ0) is 9.30. The van der Waals surface area contributed by atoms with Crippen molar-refractivity contribution >= 4 is 37.6 Å². The van der Waals surface area contributed by atoms with Gasteiger partial charge in [-0.25, -0.2) is 4.98 Å². The standard InChI is InChI=1S/C8H8Br2N2/c1-4-6(9)3-7(10)12-8(4)5(2)11/h3,11H,1-2H3. The summed E-state index contributed by atoms with van der Waals surface area (Å²) >= 11 is 6.68. The second kappa shape index (κ2) is 3.66. The van der Waals surface area contributed by atoms with E-state index in [1.54, 1.807) is 6.92 Å². The molecule has 0 aliphatic carbocycles. The number of hydrogen-bond donors (Lipinski definition) is 1. The lowest BCUT2D eigenvalue weighted by Gasteiger charge is -2.05. The Hall–Kier alpha value is -0.220. The van der Waals surface area contributed by atoms with Gasteiger partial charge < -0.3 is 5.41 Å². The van der Waals surface area contributed by atoms with Crippen LogP contribution in [0.25, 0.3) is 0 Å². The highest BCUT2D eigenvalue weighted by Crippen LogP contribution is 2.22. The number of hydrogen-bond acceptors (Lipinski definition) is 2. The minimum atomic E-state index is 0.481. The van der Waals surface area contributed by atoms with Crippen molar-refractivity contribution in [2.45, 2.75) is 13.8 Å². The number of aromatic nitrogens is 1. The average molecular weight is 292 g/mol. The highest BCUT2D eigenvalue weighted by atomic mass is 79.9. The molecular weight excluding hydrogens is 284 g/mol. The molecule has 0 aliphatic heterocycles. The van der Waals surface area contributed by atoms with Gasteiger partial charge in [0, 0.05) is 4.47 Å². The minimum absolute atomic E-state index is 0.481. The Bertz CT molecular complexity index is 334. The summed E-state index contributed by atoms with van der Waals surface area (Å²) in [5, 5.41) is 7.47. The monoisotopic (exact) mass is 290 g/mol. The molecule has 0 aromatic carbocycles. The lowest BCUT2D eigenvalue weighted by molar-refractivity contribution is 1.17. The van der Waals surface area contributed by atoms with Crippen molar-refractivity contribution in [3.05, 3.63) is 26.4 Å². The van der Waals surface area contributed by atoms with Gasteiger partial charge in [0.25, 0.3) is 0 Å². The van der Waals surface area contributed by atoms with Crippen LogP contribution >= 0.6 is 31.9 Å². The maximum atomic E-state index is 7.47. The van der Waals surface area contributed by atoms with E-state index >= 15 is 0 Å². The van der Waals surface area contributed by atoms with Gasteiger partial charge in [-0.2, -0.15) is 0 Å². The van der Waals surface area contributed by atoms with Gasteiger partial charge >= 0.3 is 0 Å². The molecule has 12 heavy (non-hydrogen) atoms. The van der Waals surface area contributed by atoms with Gasteiger partial charge in [-0.15, -0.1) is 0 Å². The SMILES string of the molecule is CC(=N)c1nc(Br)cc(Br)c1C. The Morgan fingerprint density at radius 2 is 2.08 bits per heavy atom. The minimum Gasteiger partial charge on any atom is -0.303 e. The number of nitrogens with zero attached hydrogens (tertiary/aromatic N) is 1. The lowest BCUT2D eigenvalue weighted by Crippen LogP contribution is -2.01. The van der Waals surface area contributed by atoms with E-state index in [2.05, 4.69) is 36.8 Å². The molecule has 4 heteroatoms. The molecule has 0 bridgehead atoms. The molecule has 0 atom stereocenters. The first kappa shape index (κ1) is 9.86. The first-order valence-electron chi connectivity index (χ1n) is 3.40. The van der Waals surface area contributed by atoms with Crippen LogP contribution in [0.4, 0.5) is 0 Å². The molecule has 0 radical (unpaired) electrons. The number of pyridine rings is 1. The molecule has 1 rings (SSSR count). The van der Waals surface area contributed by atoms with Crippen LogP contribution in [0.1, 0.15) is 18.2 Å². The van der Waals surface area contributed by atoms with Crippen molar-refractivity contribution in [3.8, 4) is 0 Å². The fourth-order valence-corrected chi connectivity index (χ4v) is 2.03. The zero-order valence-corrected chi connectivity index (χ0v) is 9.95. The fraction of sp³-hybridized carbons (Fsp3) is 0.250. The van der Waals surface area contributed by atoms with Crippen molar-refractivity contribution in [1.82, 2.24) is 4.98 Å². The predicted octanol–water partition coefficient (Wildman–Crippen LogP) is 3.30. The van der Waals surface area contributed by atoms with Crippen molar-refractivity contribution in [2.24, 2.45) is 0 Å². The van der Waals surface area contributed by atoms with Crippen LogP contribution in [0, 0.1) is 12.3 Å².